The van der Waals surface area contributed by atoms with Crippen molar-refractivity contribution in [3.8, 4) is 0 Å². The predicted molar refractivity (Wildman–Crippen MR) is 79.9 cm³/mol. The lowest BCUT2D eigenvalue weighted by Gasteiger charge is -2.49. The molecule has 0 N–H and O–H groups in total. The van der Waals surface area contributed by atoms with Crippen molar-refractivity contribution in [3.05, 3.63) is 17.5 Å². The molecule has 0 spiro atoms. The molecule has 1 aliphatic carbocycles. The van der Waals surface area contributed by atoms with Crippen LogP contribution in [0.25, 0.3) is 0 Å². The number of aryl methyl sites for hydroxylation is 1. The number of halogens is 1. The summed E-state index contributed by atoms with van der Waals surface area (Å²) in [5.41, 5.74) is 2.26. The molecule has 0 aliphatic heterocycles. The fraction of sp³-hybridized carbons (Fsp3) is 0.714. The van der Waals surface area contributed by atoms with Gasteiger partial charge in [0.05, 0.1) is 5.88 Å². The van der Waals surface area contributed by atoms with E-state index in [1.54, 1.807) is 0 Å². The largest absolute Gasteiger partial charge is 0.342 e. The standard InChI is InChI=1S/C14H23ClN4/c1-11-12(8-15)9-16-13(17-11)19(4)10-14(18(2)3)6-5-7-14/h9H,5-8,10H2,1-4H3. The molecule has 19 heavy (non-hydrogen) atoms. The second kappa shape index (κ2) is 5.63. The maximum atomic E-state index is 5.84. The molecule has 0 saturated heterocycles. The maximum Gasteiger partial charge on any atom is 0.225 e. The summed E-state index contributed by atoms with van der Waals surface area (Å²) in [7, 11) is 6.39. The molecule has 1 fully saturated rings. The summed E-state index contributed by atoms with van der Waals surface area (Å²) in [6.45, 7) is 2.96. The first-order valence-electron chi connectivity index (χ1n) is 6.75. The molecule has 0 radical (unpaired) electrons. The number of alkyl halides is 1. The molecule has 0 atom stereocenters. The zero-order valence-corrected chi connectivity index (χ0v) is 13.0. The zero-order chi connectivity index (χ0) is 14.0. The van der Waals surface area contributed by atoms with Gasteiger partial charge in [0, 0.05) is 36.6 Å². The smallest absolute Gasteiger partial charge is 0.225 e. The van der Waals surface area contributed by atoms with Gasteiger partial charge in [-0.1, -0.05) is 0 Å². The number of aromatic nitrogens is 2. The monoisotopic (exact) mass is 282 g/mol. The second-order valence-corrected chi connectivity index (χ2v) is 6.01. The third-order valence-electron chi connectivity index (χ3n) is 4.32. The minimum atomic E-state index is 0.289. The Morgan fingerprint density at radius 3 is 2.42 bits per heavy atom. The molecule has 0 aromatic carbocycles. The van der Waals surface area contributed by atoms with Crippen LogP contribution in [0.2, 0.25) is 0 Å². The Hall–Kier alpha value is -0.870. The molecule has 0 bridgehead atoms. The van der Waals surface area contributed by atoms with Crippen LogP contribution in [-0.4, -0.2) is 48.1 Å². The SMILES string of the molecule is Cc1nc(N(C)CC2(N(C)C)CCC2)ncc1CCl. The summed E-state index contributed by atoms with van der Waals surface area (Å²) >= 11 is 5.84. The molecule has 0 unspecified atom stereocenters. The Balaban J connectivity index is 2.11. The van der Waals surface area contributed by atoms with Gasteiger partial charge in [0.15, 0.2) is 0 Å². The first-order valence-corrected chi connectivity index (χ1v) is 7.29. The Bertz CT molecular complexity index is 443. The number of anilines is 1. The number of likely N-dealkylation sites (N-methyl/N-ethyl adjacent to an activating group) is 2. The lowest BCUT2D eigenvalue weighted by atomic mass is 9.75. The number of rotatable bonds is 5. The molecule has 106 valence electrons. The van der Waals surface area contributed by atoms with Crippen LogP contribution >= 0.6 is 11.6 Å². The van der Waals surface area contributed by atoms with E-state index in [1.807, 2.05) is 13.1 Å². The normalized spacial score (nSPS) is 17.4. The van der Waals surface area contributed by atoms with Crippen LogP contribution in [0, 0.1) is 6.92 Å². The summed E-state index contributed by atoms with van der Waals surface area (Å²) < 4.78 is 0. The lowest BCUT2D eigenvalue weighted by Crippen LogP contribution is -2.57. The highest BCUT2D eigenvalue weighted by Gasteiger charge is 2.40. The molecular weight excluding hydrogens is 260 g/mol. The zero-order valence-electron chi connectivity index (χ0n) is 12.3. The van der Waals surface area contributed by atoms with E-state index in [9.17, 15) is 0 Å². The second-order valence-electron chi connectivity index (χ2n) is 5.74. The van der Waals surface area contributed by atoms with Gasteiger partial charge in [-0.2, -0.15) is 0 Å². The van der Waals surface area contributed by atoms with Crippen LogP contribution in [-0.2, 0) is 5.88 Å². The van der Waals surface area contributed by atoms with Gasteiger partial charge in [-0.15, -0.1) is 11.6 Å². The highest BCUT2D eigenvalue weighted by Crippen LogP contribution is 2.37. The molecule has 5 heteroatoms. The van der Waals surface area contributed by atoms with E-state index in [2.05, 4.69) is 40.9 Å². The van der Waals surface area contributed by atoms with Crippen molar-refractivity contribution in [2.45, 2.75) is 37.6 Å². The minimum absolute atomic E-state index is 0.289. The van der Waals surface area contributed by atoms with Gasteiger partial charge in [0.25, 0.3) is 0 Å². The van der Waals surface area contributed by atoms with Crippen LogP contribution in [0.1, 0.15) is 30.5 Å². The molecule has 1 aliphatic rings. The molecule has 1 saturated carbocycles. The van der Waals surface area contributed by atoms with Gasteiger partial charge in [0.2, 0.25) is 5.95 Å². The fourth-order valence-corrected chi connectivity index (χ4v) is 2.90. The van der Waals surface area contributed by atoms with Gasteiger partial charge in [-0.05, 0) is 40.3 Å². The fourth-order valence-electron chi connectivity index (χ4n) is 2.64. The van der Waals surface area contributed by atoms with Crippen LogP contribution in [0.3, 0.4) is 0 Å². The van der Waals surface area contributed by atoms with E-state index in [4.69, 9.17) is 11.6 Å². The van der Waals surface area contributed by atoms with Crippen LogP contribution < -0.4 is 4.90 Å². The molecule has 1 heterocycles. The topological polar surface area (TPSA) is 32.3 Å². The van der Waals surface area contributed by atoms with Crippen LogP contribution in [0.15, 0.2) is 6.20 Å². The predicted octanol–water partition coefficient (Wildman–Crippen LogP) is 2.44. The van der Waals surface area contributed by atoms with E-state index < -0.39 is 0 Å². The average molecular weight is 283 g/mol. The molecule has 0 amide bonds. The maximum absolute atomic E-state index is 5.84. The first kappa shape index (κ1) is 14.5. The van der Waals surface area contributed by atoms with Gasteiger partial charge in [-0.25, -0.2) is 9.97 Å². The highest BCUT2D eigenvalue weighted by molar-refractivity contribution is 6.17. The third kappa shape index (κ3) is 2.84. The quantitative estimate of drug-likeness (QED) is 0.777. The van der Waals surface area contributed by atoms with E-state index in [0.29, 0.717) is 5.88 Å². The Kier molecular flexibility index (Phi) is 4.31. The van der Waals surface area contributed by atoms with Crippen molar-refractivity contribution in [1.82, 2.24) is 14.9 Å². The third-order valence-corrected chi connectivity index (χ3v) is 4.61. The molecule has 1 aromatic heterocycles. The van der Waals surface area contributed by atoms with E-state index in [0.717, 1.165) is 23.8 Å². The number of nitrogens with zero attached hydrogens (tertiary/aromatic N) is 4. The van der Waals surface area contributed by atoms with E-state index in [-0.39, 0.29) is 5.54 Å². The molecule has 1 aromatic rings. The van der Waals surface area contributed by atoms with Crippen molar-refractivity contribution in [1.29, 1.82) is 0 Å². The Labute approximate surface area is 120 Å². The lowest BCUT2D eigenvalue weighted by molar-refractivity contribution is 0.0680. The first-order chi connectivity index (χ1) is 8.98. The molecule has 4 nitrogen and oxygen atoms in total. The van der Waals surface area contributed by atoms with Crippen molar-refractivity contribution >= 4 is 17.5 Å². The number of hydrogen-bond acceptors (Lipinski definition) is 4. The summed E-state index contributed by atoms with van der Waals surface area (Å²) in [6.07, 6.45) is 5.66. The van der Waals surface area contributed by atoms with Crippen molar-refractivity contribution in [2.75, 3.05) is 32.6 Å². The summed E-state index contributed by atoms with van der Waals surface area (Å²) in [5, 5.41) is 0. The Morgan fingerprint density at radius 1 is 1.32 bits per heavy atom. The average Bonchev–Trinajstić information content (AvgIpc) is 2.32. The summed E-state index contributed by atoms with van der Waals surface area (Å²) in [4.78, 5) is 13.5. The van der Waals surface area contributed by atoms with Crippen molar-refractivity contribution < 1.29 is 0 Å². The van der Waals surface area contributed by atoms with Crippen LogP contribution in [0.4, 0.5) is 5.95 Å². The van der Waals surface area contributed by atoms with E-state index >= 15 is 0 Å². The molecule has 2 rings (SSSR count). The van der Waals surface area contributed by atoms with E-state index in [1.165, 1.54) is 19.3 Å². The number of hydrogen-bond donors (Lipinski definition) is 0. The van der Waals surface area contributed by atoms with Crippen molar-refractivity contribution in [3.63, 3.8) is 0 Å². The van der Waals surface area contributed by atoms with Crippen molar-refractivity contribution in [2.24, 2.45) is 0 Å². The highest BCUT2D eigenvalue weighted by atomic mass is 35.5. The van der Waals surface area contributed by atoms with Gasteiger partial charge >= 0.3 is 0 Å². The van der Waals surface area contributed by atoms with Crippen LogP contribution in [0.5, 0.6) is 0 Å². The van der Waals surface area contributed by atoms with Gasteiger partial charge < -0.3 is 9.80 Å². The summed E-state index contributed by atoms with van der Waals surface area (Å²) in [6, 6.07) is 0. The minimum Gasteiger partial charge on any atom is -0.342 e. The summed E-state index contributed by atoms with van der Waals surface area (Å²) in [5.74, 6) is 1.26. The molecular formula is C14H23ClN4. The van der Waals surface area contributed by atoms with Gasteiger partial charge in [0.1, 0.15) is 0 Å². The Morgan fingerprint density at radius 2 is 2.00 bits per heavy atom. The van der Waals surface area contributed by atoms with Gasteiger partial charge in [-0.3, -0.25) is 0 Å².